The number of aliphatic hydroxyl groups is 1. The van der Waals surface area contributed by atoms with E-state index in [1.54, 1.807) is 77.6 Å². The number of hydrogen-bond donors (Lipinski definition) is 2. The van der Waals surface area contributed by atoms with Crippen LogP contribution in [0.5, 0.6) is 0 Å². The molecule has 142 valence electrons. The van der Waals surface area contributed by atoms with E-state index in [0.29, 0.717) is 16.1 Å². The summed E-state index contributed by atoms with van der Waals surface area (Å²) in [6.45, 7) is -0.141. The number of halogens is 2. The predicted molar refractivity (Wildman–Crippen MR) is 117 cm³/mol. The molecule has 0 amide bonds. The number of benzene rings is 2. The molecule has 7 heteroatoms. The number of thiocarbonyl (C=S) groups is 1. The molecule has 0 spiro atoms. The van der Waals surface area contributed by atoms with E-state index in [1.807, 2.05) is 0 Å². The maximum absolute atomic E-state index is 13.3. The first-order valence-electron chi connectivity index (χ1n) is 8.33. The van der Waals surface area contributed by atoms with Gasteiger partial charge in [-0.05, 0) is 53.8 Å². The molecule has 3 rings (SSSR count). The Labute approximate surface area is 181 Å². The highest BCUT2D eigenvalue weighted by molar-refractivity contribution is 9.10. The summed E-state index contributed by atoms with van der Waals surface area (Å²) in [5, 5.41) is 26.4. The molecule has 0 saturated heterocycles. The van der Waals surface area contributed by atoms with Crippen LogP contribution in [0.25, 0.3) is 11.5 Å². The van der Waals surface area contributed by atoms with Gasteiger partial charge in [-0.15, -0.1) is 0 Å². The standard InChI is InChI=1S/C21H16BrClN2O2S/c22-16-5-3-15(4-6-16)20(27)19(25-11-1-2-14(12-25)13-26)21(28)24-18-9-7-17(23)8-10-18/h1-12,26H,13H2,(H-,24,27,28). The maximum Gasteiger partial charge on any atom is 0.238 e. The molecule has 0 atom stereocenters. The Morgan fingerprint density at radius 1 is 1.11 bits per heavy atom. The van der Waals surface area contributed by atoms with E-state index in [1.165, 1.54) is 0 Å². The summed E-state index contributed by atoms with van der Waals surface area (Å²) in [6, 6.07) is 17.6. The lowest BCUT2D eigenvalue weighted by atomic mass is 10.1. The van der Waals surface area contributed by atoms with Gasteiger partial charge in [-0.1, -0.05) is 51.9 Å². The summed E-state index contributed by atoms with van der Waals surface area (Å²) in [5.41, 5.74) is 2.16. The molecular formula is C21H16BrClN2O2S. The molecule has 0 bridgehead atoms. The monoisotopic (exact) mass is 474 g/mol. The van der Waals surface area contributed by atoms with Crippen LogP contribution >= 0.6 is 39.7 Å². The normalized spacial score (nSPS) is 11.7. The lowest BCUT2D eigenvalue weighted by Crippen LogP contribution is -2.40. The third kappa shape index (κ3) is 4.97. The zero-order valence-electron chi connectivity index (χ0n) is 14.6. The lowest BCUT2D eigenvalue weighted by Gasteiger charge is -2.17. The smallest absolute Gasteiger partial charge is 0.238 e. The second kappa shape index (κ2) is 9.30. The molecule has 28 heavy (non-hydrogen) atoms. The Morgan fingerprint density at radius 2 is 1.79 bits per heavy atom. The van der Waals surface area contributed by atoms with Gasteiger partial charge in [-0.3, -0.25) is 0 Å². The van der Waals surface area contributed by atoms with E-state index in [2.05, 4.69) is 21.2 Å². The third-order valence-corrected chi connectivity index (χ3v) is 5.02. The Bertz CT molecular complexity index is 1020. The molecule has 2 aromatic carbocycles. The van der Waals surface area contributed by atoms with E-state index in [9.17, 15) is 10.2 Å². The van der Waals surface area contributed by atoms with Gasteiger partial charge in [0.05, 0.1) is 6.61 Å². The van der Waals surface area contributed by atoms with Gasteiger partial charge in [0.2, 0.25) is 5.70 Å². The van der Waals surface area contributed by atoms with Crippen molar-refractivity contribution in [2.75, 3.05) is 5.32 Å². The van der Waals surface area contributed by atoms with Crippen LogP contribution in [-0.4, -0.2) is 10.1 Å². The summed E-state index contributed by atoms with van der Waals surface area (Å²) >= 11 is 14.9. The van der Waals surface area contributed by atoms with Crippen LogP contribution in [0.3, 0.4) is 0 Å². The van der Waals surface area contributed by atoms with Gasteiger partial charge < -0.3 is 15.5 Å². The van der Waals surface area contributed by atoms with Crippen LogP contribution in [0, 0.1) is 0 Å². The van der Waals surface area contributed by atoms with Crippen LogP contribution in [0.1, 0.15) is 11.1 Å². The van der Waals surface area contributed by atoms with Gasteiger partial charge in [0.15, 0.2) is 17.4 Å². The molecule has 3 aromatic rings. The van der Waals surface area contributed by atoms with Crippen LogP contribution < -0.4 is 15.0 Å². The van der Waals surface area contributed by atoms with E-state index in [0.717, 1.165) is 10.2 Å². The topological polar surface area (TPSA) is 59.2 Å². The maximum atomic E-state index is 13.3. The number of pyridine rings is 1. The third-order valence-electron chi connectivity index (χ3n) is 3.94. The molecule has 0 aliphatic carbocycles. The van der Waals surface area contributed by atoms with E-state index in [4.69, 9.17) is 23.8 Å². The summed E-state index contributed by atoms with van der Waals surface area (Å²) < 4.78 is 2.50. The molecule has 1 heterocycles. The fourth-order valence-electron chi connectivity index (χ4n) is 2.56. The number of anilines is 1. The highest BCUT2D eigenvalue weighted by atomic mass is 79.9. The molecule has 0 aliphatic rings. The molecule has 0 unspecified atom stereocenters. The largest absolute Gasteiger partial charge is 0.867 e. The highest BCUT2D eigenvalue weighted by Gasteiger charge is 2.19. The van der Waals surface area contributed by atoms with Crippen molar-refractivity contribution in [3.8, 4) is 0 Å². The summed E-state index contributed by atoms with van der Waals surface area (Å²) in [4.78, 5) is 0.260. The number of aromatic nitrogens is 1. The quantitative estimate of drug-likeness (QED) is 0.253. The van der Waals surface area contributed by atoms with Gasteiger partial charge in [0.1, 0.15) is 0 Å². The summed E-state index contributed by atoms with van der Waals surface area (Å²) in [5.74, 6) is -0.237. The molecule has 0 saturated carbocycles. The van der Waals surface area contributed by atoms with Crippen molar-refractivity contribution in [2.45, 2.75) is 6.61 Å². The predicted octanol–water partition coefficient (Wildman–Crippen LogP) is 4.01. The minimum absolute atomic E-state index is 0.141. The molecule has 2 N–H and O–H groups in total. The first kappa shape index (κ1) is 20.5. The molecular weight excluding hydrogens is 460 g/mol. The average Bonchev–Trinajstić information content (AvgIpc) is 2.70. The van der Waals surface area contributed by atoms with Crippen molar-refractivity contribution in [3.05, 3.63) is 93.7 Å². The Balaban J connectivity index is 2.07. The second-order valence-electron chi connectivity index (χ2n) is 5.92. The minimum atomic E-state index is -0.237. The number of rotatable bonds is 5. The van der Waals surface area contributed by atoms with Crippen molar-refractivity contribution in [3.63, 3.8) is 0 Å². The van der Waals surface area contributed by atoms with Crippen molar-refractivity contribution in [1.29, 1.82) is 0 Å². The van der Waals surface area contributed by atoms with Crippen molar-refractivity contribution < 1.29 is 14.8 Å². The van der Waals surface area contributed by atoms with Crippen LogP contribution in [0.4, 0.5) is 5.69 Å². The Hall–Kier alpha value is -2.25. The SMILES string of the molecule is [O-]/C(=C(\C(=S)Nc1ccc(Cl)cc1)[n+]1cccc(CO)c1)c1ccc(Br)cc1. The zero-order chi connectivity index (χ0) is 20.1. The fourth-order valence-corrected chi connectivity index (χ4v) is 3.26. The Morgan fingerprint density at radius 3 is 2.43 bits per heavy atom. The molecule has 4 nitrogen and oxygen atoms in total. The van der Waals surface area contributed by atoms with Gasteiger partial charge in [0.25, 0.3) is 0 Å². The van der Waals surface area contributed by atoms with Crippen LogP contribution in [-0.2, 0) is 6.61 Å². The van der Waals surface area contributed by atoms with Gasteiger partial charge in [0, 0.05) is 26.8 Å². The molecule has 0 aliphatic heterocycles. The number of nitrogens with zero attached hydrogens (tertiary/aromatic N) is 1. The average molecular weight is 476 g/mol. The van der Waals surface area contributed by atoms with Gasteiger partial charge in [-0.2, -0.15) is 4.57 Å². The Kier molecular flexibility index (Phi) is 6.80. The number of aliphatic hydroxyl groups excluding tert-OH is 1. The van der Waals surface area contributed by atoms with Crippen LogP contribution in [0.2, 0.25) is 5.02 Å². The van der Waals surface area contributed by atoms with Crippen molar-refractivity contribution in [1.82, 2.24) is 0 Å². The van der Waals surface area contributed by atoms with Crippen molar-refractivity contribution in [2.24, 2.45) is 0 Å². The van der Waals surface area contributed by atoms with E-state index >= 15 is 0 Å². The van der Waals surface area contributed by atoms with Crippen molar-refractivity contribution >= 4 is 61.9 Å². The van der Waals surface area contributed by atoms with Gasteiger partial charge >= 0.3 is 0 Å². The summed E-state index contributed by atoms with van der Waals surface area (Å²) in [6.07, 6.45) is 3.41. The minimum Gasteiger partial charge on any atom is -0.867 e. The number of hydrogen-bond acceptors (Lipinski definition) is 3. The van der Waals surface area contributed by atoms with Crippen LogP contribution in [0.15, 0.2) is 77.5 Å². The molecule has 0 fully saturated rings. The first-order valence-corrected chi connectivity index (χ1v) is 9.91. The fraction of sp³-hybridized carbons (Fsp3) is 0.0476. The van der Waals surface area contributed by atoms with E-state index < -0.39 is 0 Å². The van der Waals surface area contributed by atoms with E-state index in [-0.39, 0.29) is 23.1 Å². The highest BCUT2D eigenvalue weighted by Crippen LogP contribution is 2.20. The van der Waals surface area contributed by atoms with Gasteiger partial charge in [-0.25, -0.2) is 0 Å². The first-order chi connectivity index (χ1) is 13.5. The zero-order valence-corrected chi connectivity index (χ0v) is 17.8. The molecule has 0 radical (unpaired) electrons. The summed E-state index contributed by atoms with van der Waals surface area (Å²) in [7, 11) is 0. The second-order valence-corrected chi connectivity index (χ2v) is 7.68. The lowest BCUT2D eigenvalue weighted by molar-refractivity contribution is -0.578. The number of nitrogens with one attached hydrogen (secondary N) is 1. The molecule has 1 aromatic heterocycles.